The van der Waals surface area contributed by atoms with Gasteiger partial charge in [0.1, 0.15) is 5.82 Å². The van der Waals surface area contributed by atoms with Crippen molar-refractivity contribution < 1.29 is 18.6 Å². The third kappa shape index (κ3) is 3.00. The lowest BCUT2D eigenvalue weighted by Gasteiger charge is -2.36. The van der Waals surface area contributed by atoms with Crippen molar-refractivity contribution in [3.63, 3.8) is 0 Å². The molecule has 1 atom stereocenters. The quantitative estimate of drug-likeness (QED) is 0.717. The number of carbonyl (C=O) groups excluding carboxylic acids is 2. The van der Waals surface area contributed by atoms with Gasteiger partial charge in [0.05, 0.1) is 25.7 Å². The van der Waals surface area contributed by atoms with Gasteiger partial charge < -0.3 is 0 Å². The van der Waals surface area contributed by atoms with Crippen LogP contribution >= 0.6 is 0 Å². The van der Waals surface area contributed by atoms with Crippen LogP contribution in [0.4, 0.5) is 9.18 Å². The second kappa shape index (κ2) is 7.49. The number of amidine groups is 1. The number of fused-ring (bicyclic) bond motifs is 2. The van der Waals surface area contributed by atoms with Gasteiger partial charge in [-0.25, -0.2) is 13.8 Å². The highest BCUT2D eigenvalue weighted by molar-refractivity contribution is 6.22. The summed E-state index contributed by atoms with van der Waals surface area (Å²) < 4.78 is 16.2. The highest BCUT2D eigenvalue weighted by Crippen LogP contribution is 2.29. The van der Waals surface area contributed by atoms with E-state index in [1.165, 1.54) is 30.2 Å². The number of rotatable bonds is 3. The van der Waals surface area contributed by atoms with E-state index in [1.54, 1.807) is 25.2 Å². The number of halogens is 1. The molecule has 4 aliphatic rings. The van der Waals surface area contributed by atoms with Crippen LogP contribution in [0.3, 0.4) is 0 Å². The molecule has 158 valence electrons. The fourth-order valence-electron chi connectivity index (χ4n) is 5.16. The number of benzene rings is 1. The molecular weight excluding hydrogens is 385 g/mol. The Kier molecular flexibility index (Phi) is 4.79. The molecule has 30 heavy (non-hydrogen) atoms. The van der Waals surface area contributed by atoms with Crippen molar-refractivity contribution in [2.45, 2.75) is 57.2 Å². The molecule has 0 spiro atoms. The van der Waals surface area contributed by atoms with Crippen LogP contribution in [0.1, 0.15) is 44.1 Å². The molecule has 1 aliphatic carbocycles. The SMILES string of the molecule is CN1C(=O)N(Cc2ccccc2F)C(=O)C2C1=NC1=[N+]2CCCN1C1CCCCC1. The molecular formula is C22H27FN5O2+. The molecule has 8 heteroatoms. The van der Waals surface area contributed by atoms with Crippen molar-refractivity contribution in [3.8, 4) is 0 Å². The van der Waals surface area contributed by atoms with Crippen LogP contribution in [0.25, 0.3) is 0 Å². The Labute approximate surface area is 175 Å². The van der Waals surface area contributed by atoms with Crippen molar-refractivity contribution in [1.29, 1.82) is 0 Å². The normalized spacial score (nSPS) is 24.9. The lowest BCUT2D eigenvalue weighted by molar-refractivity contribution is -0.546. The Bertz CT molecular complexity index is 953. The third-order valence-electron chi connectivity index (χ3n) is 6.75. The topological polar surface area (TPSA) is 59.2 Å². The fraction of sp³-hybridized carbons (Fsp3) is 0.545. The number of likely N-dealkylation sites (N-methyl/N-ethyl adjacent to an activating group) is 1. The summed E-state index contributed by atoms with van der Waals surface area (Å²) >= 11 is 0. The Balaban J connectivity index is 1.47. The van der Waals surface area contributed by atoms with Crippen molar-refractivity contribution >= 4 is 23.7 Å². The number of aliphatic imine (C=N–C) groups is 1. The van der Waals surface area contributed by atoms with Gasteiger partial charge in [-0.1, -0.05) is 42.5 Å². The standard InChI is InChI=1S/C22H27FN5O2/c1-25-19-18(20(29)28(22(25)30)14-15-8-5-6-11-17(15)23)27-13-7-12-26(21(27)24-19)16-9-3-2-4-10-16/h5-6,8,11,16,18H,2-4,7,9-10,12-14H2,1H3/q+1. The molecule has 1 saturated carbocycles. The van der Waals surface area contributed by atoms with Gasteiger partial charge in [-0.2, -0.15) is 0 Å². The van der Waals surface area contributed by atoms with Crippen molar-refractivity contribution in [1.82, 2.24) is 14.7 Å². The van der Waals surface area contributed by atoms with Gasteiger partial charge in [-0.15, -0.1) is 0 Å². The Morgan fingerprint density at radius 3 is 2.67 bits per heavy atom. The third-order valence-corrected chi connectivity index (χ3v) is 6.75. The van der Waals surface area contributed by atoms with E-state index in [2.05, 4.69) is 4.90 Å². The summed E-state index contributed by atoms with van der Waals surface area (Å²) in [7, 11) is 1.65. The summed E-state index contributed by atoms with van der Waals surface area (Å²) in [4.78, 5) is 36.1. The first kappa shape index (κ1) is 19.2. The van der Waals surface area contributed by atoms with E-state index < -0.39 is 17.9 Å². The molecule has 1 aromatic rings. The van der Waals surface area contributed by atoms with E-state index in [4.69, 9.17) is 4.99 Å². The van der Waals surface area contributed by atoms with Gasteiger partial charge in [0, 0.05) is 19.0 Å². The smallest absolute Gasteiger partial charge is 0.270 e. The molecule has 1 aromatic carbocycles. The van der Waals surface area contributed by atoms with Crippen LogP contribution in [-0.2, 0) is 11.3 Å². The first-order chi connectivity index (χ1) is 14.6. The van der Waals surface area contributed by atoms with E-state index in [1.807, 2.05) is 4.58 Å². The van der Waals surface area contributed by atoms with Crippen molar-refractivity contribution in [2.75, 3.05) is 20.1 Å². The van der Waals surface area contributed by atoms with Gasteiger partial charge >= 0.3 is 12.0 Å². The van der Waals surface area contributed by atoms with Gasteiger partial charge in [0.15, 0.2) is 0 Å². The molecule has 2 fully saturated rings. The highest BCUT2D eigenvalue weighted by atomic mass is 19.1. The maximum absolute atomic E-state index is 14.2. The number of amides is 3. The van der Waals surface area contributed by atoms with Gasteiger partial charge in [-0.3, -0.25) is 19.5 Å². The molecule has 3 heterocycles. The maximum atomic E-state index is 14.2. The van der Waals surface area contributed by atoms with Crippen LogP contribution < -0.4 is 0 Å². The first-order valence-electron chi connectivity index (χ1n) is 10.9. The zero-order valence-electron chi connectivity index (χ0n) is 17.3. The summed E-state index contributed by atoms with van der Waals surface area (Å²) in [5, 5.41) is 0. The summed E-state index contributed by atoms with van der Waals surface area (Å²) in [6, 6.07) is 5.65. The van der Waals surface area contributed by atoms with Crippen LogP contribution in [0.5, 0.6) is 0 Å². The van der Waals surface area contributed by atoms with E-state index in [-0.39, 0.29) is 12.5 Å². The Morgan fingerprint density at radius 1 is 1.13 bits per heavy atom. The highest BCUT2D eigenvalue weighted by Gasteiger charge is 2.54. The molecule has 0 aromatic heterocycles. The zero-order valence-corrected chi connectivity index (χ0v) is 17.3. The second-order valence-electron chi connectivity index (χ2n) is 8.56. The van der Waals surface area contributed by atoms with Crippen molar-refractivity contribution in [3.05, 3.63) is 35.6 Å². The number of urea groups is 1. The average molecular weight is 412 g/mol. The predicted octanol–water partition coefficient (Wildman–Crippen LogP) is 2.41. The molecule has 0 radical (unpaired) electrons. The van der Waals surface area contributed by atoms with Gasteiger partial charge in [-0.05, 0) is 18.9 Å². The van der Waals surface area contributed by atoms with E-state index in [0.717, 1.165) is 43.2 Å². The van der Waals surface area contributed by atoms with E-state index in [0.29, 0.717) is 17.4 Å². The number of hydrogen-bond acceptors (Lipinski definition) is 4. The predicted molar refractivity (Wildman–Crippen MR) is 110 cm³/mol. The molecule has 0 N–H and O–H groups in total. The summed E-state index contributed by atoms with van der Waals surface area (Å²) in [5.41, 5.74) is 0.331. The van der Waals surface area contributed by atoms with Crippen LogP contribution in [0, 0.1) is 5.82 Å². The second-order valence-corrected chi connectivity index (χ2v) is 8.56. The van der Waals surface area contributed by atoms with Crippen LogP contribution in [0.15, 0.2) is 29.3 Å². The van der Waals surface area contributed by atoms with E-state index in [9.17, 15) is 14.0 Å². The van der Waals surface area contributed by atoms with Crippen LogP contribution in [0.2, 0.25) is 0 Å². The first-order valence-corrected chi connectivity index (χ1v) is 10.9. The minimum absolute atomic E-state index is 0.0754. The Morgan fingerprint density at radius 2 is 1.90 bits per heavy atom. The molecule has 5 rings (SSSR count). The molecule has 3 aliphatic heterocycles. The number of carbonyl (C=O) groups is 2. The van der Waals surface area contributed by atoms with Gasteiger partial charge in [0.2, 0.25) is 11.9 Å². The van der Waals surface area contributed by atoms with Crippen LogP contribution in [-0.4, -0.2) is 75.2 Å². The van der Waals surface area contributed by atoms with E-state index >= 15 is 0 Å². The number of hydrogen-bond donors (Lipinski definition) is 0. The number of imide groups is 1. The molecule has 1 unspecified atom stereocenters. The lowest BCUT2D eigenvalue weighted by atomic mass is 9.94. The summed E-state index contributed by atoms with van der Waals surface area (Å²) in [5.74, 6) is 0.585. The fourth-order valence-corrected chi connectivity index (χ4v) is 5.16. The molecule has 0 bridgehead atoms. The summed E-state index contributed by atoms with van der Waals surface area (Å²) in [6.07, 6.45) is 6.98. The van der Waals surface area contributed by atoms with Gasteiger partial charge in [0.25, 0.3) is 5.91 Å². The molecule has 1 saturated heterocycles. The minimum Gasteiger partial charge on any atom is -0.270 e. The Hall–Kier alpha value is -2.77. The largest absolute Gasteiger partial charge is 0.392 e. The minimum atomic E-state index is -0.610. The number of nitrogens with zero attached hydrogens (tertiary/aromatic N) is 5. The zero-order chi connectivity index (χ0) is 20.8. The average Bonchev–Trinajstić information content (AvgIpc) is 3.17. The number of guanidine groups is 1. The molecule has 7 nitrogen and oxygen atoms in total. The molecule has 3 amide bonds. The van der Waals surface area contributed by atoms with Crippen molar-refractivity contribution in [2.24, 2.45) is 4.99 Å². The monoisotopic (exact) mass is 412 g/mol. The lowest BCUT2D eigenvalue weighted by Crippen LogP contribution is -2.63. The maximum Gasteiger partial charge on any atom is 0.392 e. The summed E-state index contributed by atoms with van der Waals surface area (Å²) in [6.45, 7) is 1.59.